The number of rotatable bonds is 4. The molecule has 0 aromatic carbocycles. The van der Waals surface area contributed by atoms with Gasteiger partial charge in [-0.2, -0.15) is 0 Å². The highest BCUT2D eigenvalue weighted by molar-refractivity contribution is 6.65. The molecule has 0 aliphatic heterocycles. The molecule has 0 nitrogen and oxygen atoms in total. The fourth-order valence-electron chi connectivity index (χ4n) is 3.81. The zero-order valence-electron chi connectivity index (χ0n) is 13.4. The molecule has 0 saturated carbocycles. The molecule has 0 aromatic heterocycles. The molecule has 0 spiro atoms. The van der Waals surface area contributed by atoms with Gasteiger partial charge in [0.2, 0.25) is 0 Å². The van der Waals surface area contributed by atoms with Gasteiger partial charge in [-0.25, -0.2) is 0 Å². The van der Waals surface area contributed by atoms with E-state index in [2.05, 4.69) is 62.5 Å². The zero-order valence-corrected chi connectivity index (χ0v) is 14.4. The van der Waals surface area contributed by atoms with Crippen molar-refractivity contribution >= 4 is 8.80 Å². The number of fused-ring (bicyclic) bond motifs is 1. The van der Waals surface area contributed by atoms with Crippen LogP contribution in [0.5, 0.6) is 0 Å². The van der Waals surface area contributed by atoms with Crippen molar-refractivity contribution in [3.63, 3.8) is 0 Å². The van der Waals surface area contributed by atoms with Crippen LogP contribution in [-0.4, -0.2) is 8.80 Å². The Balaban J connectivity index is 1.97. The molecule has 21 heavy (non-hydrogen) atoms. The highest BCUT2D eigenvalue weighted by atomic mass is 28.3. The lowest BCUT2D eigenvalue weighted by atomic mass is 9.85. The number of allylic oxidation sites excluding steroid dienone is 12. The van der Waals surface area contributed by atoms with Crippen molar-refractivity contribution in [1.82, 2.24) is 0 Å². The summed E-state index contributed by atoms with van der Waals surface area (Å²) in [6.07, 6.45) is 21.0. The molecule has 1 unspecified atom stereocenters. The van der Waals surface area contributed by atoms with Gasteiger partial charge in [-0.3, -0.25) is 0 Å². The minimum absolute atomic E-state index is 0.386. The van der Waals surface area contributed by atoms with Crippen molar-refractivity contribution in [1.29, 1.82) is 0 Å². The summed E-state index contributed by atoms with van der Waals surface area (Å²) < 4.78 is 0. The quantitative estimate of drug-likeness (QED) is 0.583. The van der Waals surface area contributed by atoms with E-state index in [4.69, 9.17) is 0 Å². The van der Waals surface area contributed by atoms with Crippen molar-refractivity contribution in [2.75, 3.05) is 0 Å². The van der Waals surface area contributed by atoms with Crippen LogP contribution in [0.4, 0.5) is 0 Å². The van der Waals surface area contributed by atoms with Gasteiger partial charge in [-0.1, -0.05) is 79.7 Å². The SMILES string of the molecule is CCCCC1=C([Si](C)C)C2=CC=CC(=C3C=CC=C3)C2C1. The van der Waals surface area contributed by atoms with Gasteiger partial charge < -0.3 is 0 Å². The van der Waals surface area contributed by atoms with Crippen LogP contribution in [-0.2, 0) is 0 Å². The fourth-order valence-corrected chi connectivity index (χ4v) is 5.58. The van der Waals surface area contributed by atoms with E-state index in [9.17, 15) is 0 Å². The van der Waals surface area contributed by atoms with Crippen LogP contribution < -0.4 is 0 Å². The summed E-state index contributed by atoms with van der Waals surface area (Å²) >= 11 is 0. The fraction of sp³-hybridized carbons (Fsp3) is 0.400. The number of hydrogen-bond donors (Lipinski definition) is 0. The van der Waals surface area contributed by atoms with Gasteiger partial charge in [0.15, 0.2) is 0 Å². The van der Waals surface area contributed by atoms with E-state index in [1.165, 1.54) is 36.8 Å². The first-order chi connectivity index (χ1) is 10.2. The van der Waals surface area contributed by atoms with E-state index in [-0.39, 0.29) is 8.80 Å². The second-order valence-electron chi connectivity index (χ2n) is 6.45. The van der Waals surface area contributed by atoms with Gasteiger partial charge in [-0.05, 0) is 36.0 Å². The lowest BCUT2D eigenvalue weighted by Gasteiger charge is -2.22. The standard InChI is InChI=1S/C20H25Si/c1-4-5-9-16-14-19-17(15-10-6-7-11-15)12-8-13-18(19)20(16)21(2)3/h6-8,10-13,19H,4-5,9,14H2,1-3H3. The molecule has 3 aliphatic rings. The summed E-state index contributed by atoms with van der Waals surface area (Å²) in [5.74, 6) is 0.624. The maximum atomic E-state index is 2.45. The Bertz CT molecular complexity index is 592. The first-order valence-corrected chi connectivity index (χ1v) is 10.7. The van der Waals surface area contributed by atoms with E-state index in [1.807, 2.05) is 0 Å². The molecule has 1 atom stereocenters. The minimum Gasteiger partial charge on any atom is -0.0700 e. The van der Waals surface area contributed by atoms with Crippen LogP contribution in [0.2, 0.25) is 13.1 Å². The van der Waals surface area contributed by atoms with Crippen molar-refractivity contribution in [3.8, 4) is 0 Å². The third-order valence-corrected chi connectivity index (χ3v) is 6.37. The lowest BCUT2D eigenvalue weighted by molar-refractivity contribution is 0.707. The molecular formula is C20H25Si. The first-order valence-electron chi connectivity index (χ1n) is 8.22. The Morgan fingerprint density at radius 2 is 1.86 bits per heavy atom. The molecule has 0 fully saturated rings. The predicted molar refractivity (Wildman–Crippen MR) is 94.7 cm³/mol. The van der Waals surface area contributed by atoms with E-state index in [0.29, 0.717) is 5.92 Å². The van der Waals surface area contributed by atoms with Crippen molar-refractivity contribution in [2.45, 2.75) is 45.7 Å². The smallest absolute Gasteiger partial charge is 0.0700 e. The average Bonchev–Trinajstić information content (AvgIpc) is 3.11. The molecule has 0 heterocycles. The Hall–Kier alpha value is -1.34. The highest BCUT2D eigenvalue weighted by Crippen LogP contribution is 2.46. The van der Waals surface area contributed by atoms with Crippen molar-refractivity contribution < 1.29 is 0 Å². The van der Waals surface area contributed by atoms with E-state index in [1.54, 1.807) is 16.3 Å². The van der Waals surface area contributed by atoms with Gasteiger partial charge in [0.25, 0.3) is 0 Å². The largest absolute Gasteiger partial charge is 0.0795 e. The molecule has 1 radical (unpaired) electrons. The summed E-state index contributed by atoms with van der Waals surface area (Å²) in [7, 11) is -0.386. The topological polar surface area (TPSA) is 0 Å². The monoisotopic (exact) mass is 293 g/mol. The van der Waals surface area contributed by atoms with Crippen LogP contribution >= 0.6 is 0 Å². The minimum atomic E-state index is -0.386. The van der Waals surface area contributed by atoms with Gasteiger partial charge in [-0.15, -0.1) is 0 Å². The van der Waals surface area contributed by atoms with Crippen LogP contribution in [0.3, 0.4) is 0 Å². The summed E-state index contributed by atoms with van der Waals surface area (Å²) in [6, 6.07) is 0. The summed E-state index contributed by atoms with van der Waals surface area (Å²) in [6.45, 7) is 7.21. The Morgan fingerprint density at radius 3 is 2.52 bits per heavy atom. The summed E-state index contributed by atoms with van der Waals surface area (Å²) in [5, 5.41) is 1.76. The molecule has 0 N–H and O–H groups in total. The molecule has 3 aliphatic carbocycles. The van der Waals surface area contributed by atoms with Crippen LogP contribution in [0, 0.1) is 5.92 Å². The molecular weight excluding hydrogens is 268 g/mol. The maximum Gasteiger partial charge on any atom is 0.0795 e. The summed E-state index contributed by atoms with van der Waals surface area (Å²) in [5.41, 5.74) is 6.35. The van der Waals surface area contributed by atoms with Crippen LogP contribution in [0.1, 0.15) is 32.6 Å². The molecule has 109 valence electrons. The van der Waals surface area contributed by atoms with Crippen LogP contribution in [0.15, 0.2) is 70.0 Å². The third kappa shape index (κ3) is 2.72. The van der Waals surface area contributed by atoms with Crippen LogP contribution in [0.25, 0.3) is 0 Å². The normalized spacial score (nSPS) is 23.6. The predicted octanol–water partition coefficient (Wildman–Crippen LogP) is 5.71. The highest BCUT2D eigenvalue weighted by Gasteiger charge is 2.33. The molecule has 0 amide bonds. The molecule has 0 bridgehead atoms. The Kier molecular flexibility index (Phi) is 4.30. The van der Waals surface area contributed by atoms with Gasteiger partial charge in [0.1, 0.15) is 0 Å². The third-order valence-electron chi connectivity index (χ3n) is 4.72. The molecule has 0 aromatic rings. The van der Waals surface area contributed by atoms with E-state index in [0.717, 1.165) is 0 Å². The zero-order chi connectivity index (χ0) is 14.8. The van der Waals surface area contributed by atoms with Crippen molar-refractivity contribution in [2.24, 2.45) is 5.92 Å². The summed E-state index contributed by atoms with van der Waals surface area (Å²) in [4.78, 5) is 0. The first kappa shape index (κ1) is 14.6. The van der Waals surface area contributed by atoms with Crippen molar-refractivity contribution in [3.05, 3.63) is 70.0 Å². The number of hydrogen-bond acceptors (Lipinski definition) is 0. The Labute approximate surface area is 130 Å². The van der Waals surface area contributed by atoms with E-state index < -0.39 is 0 Å². The second-order valence-corrected chi connectivity index (χ2v) is 8.95. The second kappa shape index (κ2) is 6.19. The van der Waals surface area contributed by atoms with Gasteiger partial charge in [0, 0.05) is 5.92 Å². The lowest BCUT2D eigenvalue weighted by Crippen LogP contribution is -2.13. The molecule has 0 saturated heterocycles. The number of unbranched alkanes of at least 4 members (excludes halogenated alkanes) is 1. The average molecular weight is 294 g/mol. The Morgan fingerprint density at radius 1 is 1.10 bits per heavy atom. The van der Waals surface area contributed by atoms with Gasteiger partial charge in [0.05, 0.1) is 8.80 Å². The van der Waals surface area contributed by atoms with Gasteiger partial charge >= 0.3 is 0 Å². The molecule has 3 rings (SSSR count). The molecule has 1 heteroatoms. The van der Waals surface area contributed by atoms with E-state index >= 15 is 0 Å². The maximum absolute atomic E-state index is 2.45.